The van der Waals surface area contributed by atoms with Gasteiger partial charge >= 0.3 is 4.87 Å². The van der Waals surface area contributed by atoms with Gasteiger partial charge in [0, 0.05) is 25.4 Å². The van der Waals surface area contributed by atoms with Gasteiger partial charge in [-0.3, -0.25) is 4.79 Å². The fourth-order valence-corrected chi connectivity index (χ4v) is 4.37. The Balaban J connectivity index is 3.08. The molecule has 1 aromatic heterocycles. The maximum Gasteiger partial charge on any atom is 0.305 e. The lowest BCUT2D eigenvalue weighted by Crippen LogP contribution is -2.32. The minimum Gasteiger partial charge on any atom is -0.396 e. The van der Waals surface area contributed by atoms with Crippen LogP contribution >= 0.6 is 11.3 Å². The Kier molecular flexibility index (Phi) is 4.87. The van der Waals surface area contributed by atoms with Crippen molar-refractivity contribution in [2.24, 2.45) is 0 Å². The summed E-state index contributed by atoms with van der Waals surface area (Å²) in [6.45, 7) is 3.79. The number of aromatic nitrogens is 1. The number of nitrogens with zero attached hydrogens (tertiary/aromatic N) is 1. The molecule has 17 heavy (non-hydrogen) atoms. The summed E-state index contributed by atoms with van der Waals surface area (Å²) in [5.74, 6) is 0. The number of hydrogen-bond acceptors (Lipinski definition) is 5. The Bertz CT molecular complexity index is 517. The first-order chi connectivity index (χ1) is 7.93. The van der Waals surface area contributed by atoms with E-state index in [1.165, 1.54) is 4.31 Å². The number of aliphatic hydroxyl groups is 1. The molecular formula is C9H16N2O4S2. The van der Waals surface area contributed by atoms with Gasteiger partial charge in [0.1, 0.15) is 0 Å². The fourth-order valence-electron chi connectivity index (χ4n) is 1.45. The van der Waals surface area contributed by atoms with Crippen molar-refractivity contribution in [2.45, 2.75) is 24.5 Å². The van der Waals surface area contributed by atoms with Gasteiger partial charge in [-0.15, -0.1) is 0 Å². The molecule has 2 N–H and O–H groups in total. The van der Waals surface area contributed by atoms with E-state index in [0.29, 0.717) is 30.0 Å². The third kappa shape index (κ3) is 3.15. The highest BCUT2D eigenvalue weighted by molar-refractivity contribution is 7.91. The van der Waals surface area contributed by atoms with Gasteiger partial charge < -0.3 is 10.1 Å². The molecular weight excluding hydrogens is 264 g/mol. The summed E-state index contributed by atoms with van der Waals surface area (Å²) in [6, 6.07) is 0. The van der Waals surface area contributed by atoms with E-state index in [1.54, 1.807) is 13.8 Å². The predicted molar refractivity (Wildman–Crippen MR) is 65.8 cm³/mol. The second-order valence-electron chi connectivity index (χ2n) is 3.50. The van der Waals surface area contributed by atoms with E-state index >= 15 is 0 Å². The number of rotatable bonds is 6. The number of nitrogens with one attached hydrogen (secondary N) is 1. The van der Waals surface area contributed by atoms with E-state index < -0.39 is 10.0 Å². The second-order valence-corrected chi connectivity index (χ2v) is 6.62. The number of hydrogen-bond donors (Lipinski definition) is 2. The van der Waals surface area contributed by atoms with Gasteiger partial charge in [-0.1, -0.05) is 18.3 Å². The van der Waals surface area contributed by atoms with Crippen molar-refractivity contribution in [3.63, 3.8) is 0 Å². The molecule has 0 aliphatic heterocycles. The van der Waals surface area contributed by atoms with Crippen LogP contribution in [0.4, 0.5) is 0 Å². The first kappa shape index (κ1) is 14.4. The molecule has 0 radical (unpaired) electrons. The SMILES string of the molecule is CCN(CCCO)S(=O)(=O)c1sc(=O)[nH]c1C. The van der Waals surface area contributed by atoms with Crippen LogP contribution in [0.3, 0.4) is 0 Å². The molecule has 1 heterocycles. The van der Waals surface area contributed by atoms with Crippen LogP contribution in [-0.4, -0.2) is 42.5 Å². The molecule has 6 nitrogen and oxygen atoms in total. The highest BCUT2D eigenvalue weighted by Crippen LogP contribution is 2.20. The molecule has 98 valence electrons. The molecule has 0 aromatic carbocycles. The summed E-state index contributed by atoms with van der Waals surface area (Å²) >= 11 is 0.695. The molecule has 0 unspecified atom stereocenters. The topological polar surface area (TPSA) is 90.5 Å². The largest absolute Gasteiger partial charge is 0.396 e. The zero-order chi connectivity index (χ0) is 13.1. The van der Waals surface area contributed by atoms with Crippen molar-refractivity contribution in [1.82, 2.24) is 9.29 Å². The van der Waals surface area contributed by atoms with Crippen LogP contribution in [0, 0.1) is 6.92 Å². The van der Waals surface area contributed by atoms with Gasteiger partial charge in [0.05, 0.1) is 0 Å². The Morgan fingerprint density at radius 1 is 1.47 bits per heavy atom. The zero-order valence-electron chi connectivity index (χ0n) is 9.76. The number of aryl methyl sites for hydroxylation is 1. The third-order valence-electron chi connectivity index (χ3n) is 2.27. The molecule has 0 saturated carbocycles. The van der Waals surface area contributed by atoms with Crippen molar-refractivity contribution in [2.75, 3.05) is 19.7 Å². The van der Waals surface area contributed by atoms with E-state index in [4.69, 9.17) is 5.11 Å². The van der Waals surface area contributed by atoms with E-state index in [-0.39, 0.29) is 22.2 Å². The van der Waals surface area contributed by atoms with Crippen molar-refractivity contribution in [3.05, 3.63) is 15.4 Å². The third-order valence-corrected chi connectivity index (χ3v) is 5.83. The Hall–Kier alpha value is -0.700. The standard InChI is InChI=1S/C9H16N2O4S2/c1-3-11(5-4-6-12)17(14,15)8-7(2)10-9(13)16-8/h12H,3-6H2,1-2H3,(H,10,13). The molecule has 1 rings (SSSR count). The van der Waals surface area contributed by atoms with Crippen molar-refractivity contribution < 1.29 is 13.5 Å². The van der Waals surface area contributed by atoms with Crippen LogP contribution in [0.5, 0.6) is 0 Å². The van der Waals surface area contributed by atoms with Gasteiger partial charge in [-0.2, -0.15) is 4.31 Å². The first-order valence-corrected chi connectivity index (χ1v) is 7.49. The normalized spacial score (nSPS) is 12.2. The van der Waals surface area contributed by atoms with E-state index in [0.717, 1.165) is 0 Å². The molecule has 0 bridgehead atoms. The van der Waals surface area contributed by atoms with Gasteiger partial charge in [0.25, 0.3) is 10.0 Å². The van der Waals surface area contributed by atoms with Gasteiger partial charge in [-0.05, 0) is 13.3 Å². The molecule has 0 fully saturated rings. The highest BCUT2D eigenvalue weighted by atomic mass is 32.2. The Morgan fingerprint density at radius 3 is 2.53 bits per heavy atom. The summed E-state index contributed by atoms with van der Waals surface area (Å²) in [7, 11) is -3.62. The zero-order valence-corrected chi connectivity index (χ0v) is 11.4. The fraction of sp³-hybridized carbons (Fsp3) is 0.667. The maximum atomic E-state index is 12.2. The summed E-state index contributed by atoms with van der Waals surface area (Å²) in [6.07, 6.45) is 0.380. The van der Waals surface area contributed by atoms with Crippen LogP contribution in [-0.2, 0) is 10.0 Å². The number of H-pyrrole nitrogens is 1. The van der Waals surface area contributed by atoms with Crippen LogP contribution in [0.2, 0.25) is 0 Å². The summed E-state index contributed by atoms with van der Waals surface area (Å²) in [4.78, 5) is 13.2. The van der Waals surface area contributed by atoms with E-state index in [2.05, 4.69) is 4.98 Å². The van der Waals surface area contributed by atoms with Crippen molar-refractivity contribution in [1.29, 1.82) is 0 Å². The maximum absolute atomic E-state index is 12.2. The van der Waals surface area contributed by atoms with Crippen molar-refractivity contribution in [3.8, 4) is 0 Å². The van der Waals surface area contributed by atoms with Crippen molar-refractivity contribution >= 4 is 21.4 Å². The Labute approximate surface area is 104 Å². The molecule has 0 spiro atoms. The molecule has 0 amide bonds. The number of sulfonamides is 1. The highest BCUT2D eigenvalue weighted by Gasteiger charge is 2.26. The monoisotopic (exact) mass is 280 g/mol. The lowest BCUT2D eigenvalue weighted by Gasteiger charge is -2.19. The minimum atomic E-state index is -3.62. The van der Waals surface area contributed by atoms with Gasteiger partial charge in [-0.25, -0.2) is 8.42 Å². The second kappa shape index (κ2) is 5.76. The van der Waals surface area contributed by atoms with Crippen LogP contribution in [0.25, 0.3) is 0 Å². The summed E-state index contributed by atoms with van der Waals surface area (Å²) in [5.41, 5.74) is 0.363. The average Bonchev–Trinajstić information content (AvgIpc) is 2.59. The molecule has 1 aromatic rings. The quantitative estimate of drug-likeness (QED) is 0.775. The van der Waals surface area contributed by atoms with Gasteiger partial charge in [0.15, 0.2) is 4.21 Å². The average molecular weight is 280 g/mol. The van der Waals surface area contributed by atoms with Crippen LogP contribution in [0.15, 0.2) is 9.00 Å². The first-order valence-electron chi connectivity index (χ1n) is 5.24. The number of thiazole rings is 1. The number of aliphatic hydroxyl groups excluding tert-OH is 1. The van der Waals surface area contributed by atoms with E-state index in [1.807, 2.05) is 0 Å². The Morgan fingerprint density at radius 2 is 2.12 bits per heavy atom. The number of aromatic amines is 1. The summed E-state index contributed by atoms with van der Waals surface area (Å²) < 4.78 is 25.7. The molecule has 0 aliphatic carbocycles. The summed E-state index contributed by atoms with van der Waals surface area (Å²) in [5, 5.41) is 8.73. The predicted octanol–water partition coefficient (Wildman–Crippen LogP) is 0.138. The van der Waals surface area contributed by atoms with Crippen LogP contribution in [0.1, 0.15) is 19.0 Å². The van der Waals surface area contributed by atoms with Gasteiger partial charge in [0.2, 0.25) is 0 Å². The smallest absolute Gasteiger partial charge is 0.305 e. The van der Waals surface area contributed by atoms with Crippen LogP contribution < -0.4 is 4.87 Å². The molecule has 0 saturated heterocycles. The molecule has 8 heteroatoms. The molecule has 0 aliphatic rings. The minimum absolute atomic E-state index is 0.0577. The molecule has 0 atom stereocenters. The lowest BCUT2D eigenvalue weighted by atomic mass is 10.4. The van der Waals surface area contributed by atoms with E-state index in [9.17, 15) is 13.2 Å². The lowest BCUT2D eigenvalue weighted by molar-refractivity contribution is 0.271.